The Morgan fingerprint density at radius 3 is 1.57 bits per heavy atom. The van der Waals surface area contributed by atoms with Crippen molar-refractivity contribution in [2.24, 2.45) is 0 Å². The largest absolute Gasteiger partial charge is 0.309 e. The van der Waals surface area contributed by atoms with E-state index in [4.69, 9.17) is 15.0 Å². The lowest BCUT2D eigenvalue weighted by Crippen LogP contribution is -2.02. The molecule has 58 heavy (non-hydrogen) atoms. The Hall–Kier alpha value is -8.14. The Morgan fingerprint density at radius 2 is 0.931 bits per heavy atom. The SMILES string of the molecule is N#Cc1ccc(-c2cc(-c3nc(-c4ccccc4)nc(-c4ccccc4)n3)ccc2-n2c3ccccc3c3ccc4c(c5ccccc5n4-c4ccccc4)c32)cc1. The molecule has 6 heteroatoms. The lowest BCUT2D eigenvalue weighted by molar-refractivity contribution is 1.07. The molecule has 0 aliphatic heterocycles. The van der Waals surface area contributed by atoms with Gasteiger partial charge in [0.2, 0.25) is 0 Å². The highest BCUT2D eigenvalue weighted by Crippen LogP contribution is 2.44. The molecule has 0 radical (unpaired) electrons. The summed E-state index contributed by atoms with van der Waals surface area (Å²) in [6.45, 7) is 0. The molecule has 0 N–H and O–H groups in total. The molecular formula is C52H32N6. The lowest BCUT2D eigenvalue weighted by Gasteiger charge is -2.17. The molecule has 0 bridgehead atoms. The number of rotatable bonds is 6. The fourth-order valence-corrected chi connectivity index (χ4v) is 8.38. The van der Waals surface area contributed by atoms with Crippen LogP contribution in [0.4, 0.5) is 0 Å². The first kappa shape index (κ1) is 33.2. The van der Waals surface area contributed by atoms with Crippen molar-refractivity contribution in [1.82, 2.24) is 24.1 Å². The highest BCUT2D eigenvalue weighted by molar-refractivity contribution is 6.26. The first-order valence-electron chi connectivity index (χ1n) is 19.3. The van der Waals surface area contributed by atoms with Gasteiger partial charge in [0, 0.05) is 49.5 Å². The van der Waals surface area contributed by atoms with Crippen LogP contribution >= 0.6 is 0 Å². The number of para-hydroxylation sites is 3. The van der Waals surface area contributed by atoms with Gasteiger partial charge in [0.25, 0.3) is 0 Å². The second-order valence-corrected chi connectivity index (χ2v) is 14.4. The van der Waals surface area contributed by atoms with Crippen LogP contribution in [0, 0.1) is 11.3 Å². The molecule has 0 saturated carbocycles. The Labute approximate surface area is 334 Å². The first-order chi connectivity index (χ1) is 28.7. The topological polar surface area (TPSA) is 72.3 Å². The molecule has 0 unspecified atom stereocenters. The number of benzene rings is 8. The number of hydrogen-bond acceptors (Lipinski definition) is 4. The number of fused-ring (bicyclic) bond motifs is 7. The van der Waals surface area contributed by atoms with Gasteiger partial charge >= 0.3 is 0 Å². The van der Waals surface area contributed by atoms with E-state index < -0.39 is 0 Å². The standard InChI is InChI=1S/C52H32N6/c53-33-34-24-26-35(27-25-34)43-32-38(52-55-50(36-14-4-1-5-15-36)54-51(56-52)37-16-6-2-7-17-37)28-30-46(43)58-44-22-12-10-20-40(44)41-29-31-47-48(49(41)58)42-21-11-13-23-45(42)57(47)39-18-8-3-9-19-39/h1-32H. The van der Waals surface area contributed by atoms with E-state index in [1.807, 2.05) is 84.9 Å². The molecular weight excluding hydrogens is 709 g/mol. The van der Waals surface area contributed by atoms with Crippen molar-refractivity contribution in [2.45, 2.75) is 0 Å². The van der Waals surface area contributed by atoms with E-state index in [1.54, 1.807) is 0 Å². The summed E-state index contributed by atoms with van der Waals surface area (Å²) in [4.78, 5) is 15.1. The summed E-state index contributed by atoms with van der Waals surface area (Å²) in [7, 11) is 0. The molecule has 3 aromatic heterocycles. The van der Waals surface area contributed by atoms with Gasteiger partial charge in [-0.25, -0.2) is 15.0 Å². The van der Waals surface area contributed by atoms with Crippen LogP contribution in [-0.2, 0) is 0 Å². The lowest BCUT2D eigenvalue weighted by atomic mass is 9.98. The fourth-order valence-electron chi connectivity index (χ4n) is 8.38. The Morgan fingerprint density at radius 1 is 0.397 bits per heavy atom. The average molecular weight is 741 g/mol. The van der Waals surface area contributed by atoms with Crippen molar-refractivity contribution in [3.05, 3.63) is 200 Å². The van der Waals surface area contributed by atoms with Gasteiger partial charge < -0.3 is 9.13 Å². The molecule has 0 spiro atoms. The highest BCUT2D eigenvalue weighted by Gasteiger charge is 2.23. The predicted octanol–water partition coefficient (Wildman–Crippen LogP) is 12.6. The van der Waals surface area contributed by atoms with Gasteiger partial charge in [0.1, 0.15) is 0 Å². The zero-order valence-corrected chi connectivity index (χ0v) is 31.2. The van der Waals surface area contributed by atoms with Gasteiger partial charge in [-0.15, -0.1) is 0 Å². The van der Waals surface area contributed by atoms with Gasteiger partial charge in [-0.1, -0.05) is 133 Å². The molecule has 0 aliphatic rings. The zero-order chi connectivity index (χ0) is 38.6. The maximum absolute atomic E-state index is 9.77. The normalized spacial score (nSPS) is 11.4. The van der Waals surface area contributed by atoms with Gasteiger partial charge in [-0.05, 0) is 66.2 Å². The zero-order valence-electron chi connectivity index (χ0n) is 31.2. The summed E-state index contributed by atoms with van der Waals surface area (Å²) in [5, 5.41) is 14.5. The molecule has 0 fully saturated rings. The maximum atomic E-state index is 9.77. The van der Waals surface area contributed by atoms with Crippen LogP contribution in [-0.4, -0.2) is 24.1 Å². The third kappa shape index (κ3) is 5.37. The third-order valence-corrected chi connectivity index (χ3v) is 11.0. The quantitative estimate of drug-likeness (QED) is 0.170. The smallest absolute Gasteiger partial charge is 0.164 e. The van der Waals surface area contributed by atoms with Gasteiger partial charge in [0.15, 0.2) is 17.5 Å². The Kier molecular flexibility index (Phi) is 7.76. The van der Waals surface area contributed by atoms with E-state index >= 15 is 0 Å². The molecule has 11 aromatic rings. The van der Waals surface area contributed by atoms with E-state index in [1.165, 1.54) is 21.5 Å². The molecule has 270 valence electrons. The van der Waals surface area contributed by atoms with Crippen LogP contribution in [0.15, 0.2) is 194 Å². The van der Waals surface area contributed by atoms with Crippen molar-refractivity contribution >= 4 is 43.6 Å². The van der Waals surface area contributed by atoms with Crippen LogP contribution in [0.3, 0.4) is 0 Å². The van der Waals surface area contributed by atoms with E-state index in [0.717, 1.165) is 61.3 Å². The van der Waals surface area contributed by atoms with E-state index in [0.29, 0.717) is 23.0 Å². The minimum atomic E-state index is 0.574. The van der Waals surface area contributed by atoms with Crippen LogP contribution in [0.25, 0.3) is 100 Å². The van der Waals surface area contributed by atoms with Crippen LogP contribution in [0.2, 0.25) is 0 Å². The predicted molar refractivity (Wildman–Crippen MR) is 235 cm³/mol. The van der Waals surface area contributed by atoms with Gasteiger partial charge in [-0.2, -0.15) is 5.26 Å². The molecule has 0 atom stereocenters. The van der Waals surface area contributed by atoms with Crippen LogP contribution in [0.1, 0.15) is 5.56 Å². The molecule has 3 heterocycles. The average Bonchev–Trinajstić information content (AvgIpc) is 3.82. The summed E-state index contributed by atoms with van der Waals surface area (Å²) in [5.74, 6) is 1.78. The monoisotopic (exact) mass is 740 g/mol. The highest BCUT2D eigenvalue weighted by atomic mass is 15.0. The second kappa shape index (κ2) is 13.6. The minimum Gasteiger partial charge on any atom is -0.309 e. The van der Waals surface area contributed by atoms with Crippen LogP contribution in [0.5, 0.6) is 0 Å². The van der Waals surface area contributed by atoms with E-state index in [-0.39, 0.29) is 0 Å². The molecule has 0 amide bonds. The number of nitrogens with zero attached hydrogens (tertiary/aromatic N) is 6. The van der Waals surface area contributed by atoms with Crippen molar-refractivity contribution < 1.29 is 0 Å². The van der Waals surface area contributed by atoms with Crippen molar-refractivity contribution in [3.8, 4) is 62.7 Å². The third-order valence-electron chi connectivity index (χ3n) is 11.0. The number of aromatic nitrogens is 5. The summed E-state index contributed by atoms with van der Waals surface area (Å²) in [6.07, 6.45) is 0. The molecule has 0 saturated heterocycles. The van der Waals surface area contributed by atoms with Gasteiger partial charge in [-0.3, -0.25) is 0 Å². The molecule has 6 nitrogen and oxygen atoms in total. The summed E-state index contributed by atoms with van der Waals surface area (Å²) < 4.78 is 4.79. The van der Waals surface area contributed by atoms with Crippen LogP contribution < -0.4 is 0 Å². The number of hydrogen-bond donors (Lipinski definition) is 0. The molecule has 11 rings (SSSR count). The summed E-state index contributed by atoms with van der Waals surface area (Å²) >= 11 is 0. The summed E-state index contributed by atoms with van der Waals surface area (Å²) in [6, 6.07) is 69.1. The maximum Gasteiger partial charge on any atom is 0.164 e. The Balaban J connectivity index is 1.23. The second-order valence-electron chi connectivity index (χ2n) is 14.4. The number of nitriles is 1. The fraction of sp³-hybridized carbons (Fsp3) is 0. The summed E-state index contributed by atoms with van der Waals surface area (Å²) in [5.41, 5.74) is 11.9. The van der Waals surface area contributed by atoms with Crippen molar-refractivity contribution in [1.29, 1.82) is 5.26 Å². The molecule has 8 aromatic carbocycles. The first-order valence-corrected chi connectivity index (χ1v) is 19.3. The molecule has 0 aliphatic carbocycles. The van der Waals surface area contributed by atoms with E-state index in [9.17, 15) is 5.26 Å². The van der Waals surface area contributed by atoms with Crippen molar-refractivity contribution in [2.75, 3.05) is 0 Å². The van der Waals surface area contributed by atoms with Gasteiger partial charge in [0.05, 0.1) is 39.4 Å². The Bertz CT molecular complexity index is 3320. The minimum absolute atomic E-state index is 0.574. The van der Waals surface area contributed by atoms with E-state index in [2.05, 4.69) is 124 Å². The van der Waals surface area contributed by atoms with Crippen molar-refractivity contribution in [3.63, 3.8) is 0 Å².